The van der Waals surface area contributed by atoms with Crippen LogP contribution in [0.15, 0.2) is 47.1 Å². The van der Waals surface area contributed by atoms with Crippen LogP contribution in [0.25, 0.3) is 11.3 Å². The molecule has 138 valence electrons. The van der Waals surface area contributed by atoms with Crippen molar-refractivity contribution >= 4 is 5.91 Å². The SMILES string of the molecule is CC1(O)CN(C(=O)c2coc(Cc3ccc(-c4cccc(F)c4)nn3)n2)C1. The van der Waals surface area contributed by atoms with Gasteiger partial charge in [0, 0.05) is 5.56 Å². The van der Waals surface area contributed by atoms with Crippen LogP contribution in [-0.2, 0) is 6.42 Å². The maximum absolute atomic E-state index is 13.3. The molecular weight excluding hydrogens is 351 g/mol. The Bertz CT molecular complexity index is 977. The number of benzene rings is 1. The lowest BCUT2D eigenvalue weighted by atomic mass is 9.97. The van der Waals surface area contributed by atoms with E-state index in [1.165, 1.54) is 23.3 Å². The van der Waals surface area contributed by atoms with Crippen LogP contribution in [0.1, 0.15) is 29.0 Å². The molecule has 0 spiro atoms. The van der Waals surface area contributed by atoms with E-state index >= 15 is 0 Å². The summed E-state index contributed by atoms with van der Waals surface area (Å²) in [6, 6.07) is 9.63. The average molecular weight is 368 g/mol. The number of halogens is 1. The molecule has 4 rings (SSSR count). The van der Waals surface area contributed by atoms with Gasteiger partial charge in [0.1, 0.15) is 12.1 Å². The van der Waals surface area contributed by atoms with Crippen molar-refractivity contribution in [2.45, 2.75) is 18.9 Å². The molecule has 27 heavy (non-hydrogen) atoms. The van der Waals surface area contributed by atoms with Crippen molar-refractivity contribution in [1.82, 2.24) is 20.1 Å². The molecule has 1 amide bonds. The lowest BCUT2D eigenvalue weighted by molar-refractivity contribution is -0.0670. The van der Waals surface area contributed by atoms with Crippen LogP contribution in [0.2, 0.25) is 0 Å². The summed E-state index contributed by atoms with van der Waals surface area (Å²) >= 11 is 0. The number of oxazole rings is 1. The largest absolute Gasteiger partial charge is 0.448 e. The first-order chi connectivity index (χ1) is 12.9. The molecule has 8 heteroatoms. The Balaban J connectivity index is 1.43. The van der Waals surface area contributed by atoms with Crippen LogP contribution < -0.4 is 0 Å². The molecule has 0 radical (unpaired) electrons. The molecule has 1 fully saturated rings. The molecule has 3 heterocycles. The van der Waals surface area contributed by atoms with Gasteiger partial charge in [-0.15, -0.1) is 0 Å². The van der Waals surface area contributed by atoms with Gasteiger partial charge in [0.15, 0.2) is 5.69 Å². The minimum atomic E-state index is -0.832. The summed E-state index contributed by atoms with van der Waals surface area (Å²) in [5.74, 6) is -0.262. The number of hydrogen-bond acceptors (Lipinski definition) is 6. The first-order valence-electron chi connectivity index (χ1n) is 8.44. The maximum Gasteiger partial charge on any atom is 0.276 e. The summed E-state index contributed by atoms with van der Waals surface area (Å²) in [7, 11) is 0. The minimum absolute atomic E-state index is 0.199. The third-order valence-electron chi connectivity index (χ3n) is 4.29. The molecule has 0 saturated carbocycles. The van der Waals surface area contributed by atoms with Gasteiger partial charge in [-0.3, -0.25) is 4.79 Å². The third-order valence-corrected chi connectivity index (χ3v) is 4.29. The van der Waals surface area contributed by atoms with E-state index < -0.39 is 5.60 Å². The zero-order valence-electron chi connectivity index (χ0n) is 14.6. The number of aliphatic hydroxyl groups is 1. The lowest BCUT2D eigenvalue weighted by Crippen LogP contribution is -2.61. The Hall–Kier alpha value is -3.13. The van der Waals surface area contributed by atoms with E-state index in [0.717, 1.165) is 0 Å². The van der Waals surface area contributed by atoms with Crippen molar-refractivity contribution in [3.05, 3.63) is 65.8 Å². The van der Waals surface area contributed by atoms with E-state index in [0.29, 0.717) is 22.8 Å². The molecule has 1 saturated heterocycles. The second-order valence-electron chi connectivity index (χ2n) is 6.88. The molecule has 2 aromatic heterocycles. The van der Waals surface area contributed by atoms with E-state index in [-0.39, 0.29) is 36.9 Å². The van der Waals surface area contributed by atoms with Crippen LogP contribution in [0, 0.1) is 5.82 Å². The van der Waals surface area contributed by atoms with Crippen LogP contribution in [0.4, 0.5) is 4.39 Å². The fourth-order valence-electron chi connectivity index (χ4n) is 2.98. The molecule has 1 N–H and O–H groups in total. The van der Waals surface area contributed by atoms with Crippen LogP contribution >= 0.6 is 0 Å². The maximum atomic E-state index is 13.3. The highest BCUT2D eigenvalue weighted by Gasteiger charge is 2.40. The van der Waals surface area contributed by atoms with Crippen molar-refractivity contribution in [2.24, 2.45) is 0 Å². The number of β-amino-alcohol motifs (C(OH)–C–C–N with tert-alkyl or cyclic N) is 1. The van der Waals surface area contributed by atoms with E-state index in [2.05, 4.69) is 15.2 Å². The summed E-state index contributed by atoms with van der Waals surface area (Å²) in [4.78, 5) is 17.9. The molecule has 7 nitrogen and oxygen atoms in total. The smallest absolute Gasteiger partial charge is 0.276 e. The monoisotopic (exact) mass is 368 g/mol. The fourth-order valence-corrected chi connectivity index (χ4v) is 2.98. The molecule has 3 aromatic rings. The van der Waals surface area contributed by atoms with Crippen molar-refractivity contribution in [3.63, 3.8) is 0 Å². The number of aromatic nitrogens is 3. The predicted octanol–water partition coefficient (Wildman–Crippen LogP) is 2.07. The predicted molar refractivity (Wildman–Crippen MR) is 93.3 cm³/mol. The molecule has 1 aromatic carbocycles. The summed E-state index contributed by atoms with van der Waals surface area (Å²) in [5.41, 5.74) is 1.18. The minimum Gasteiger partial charge on any atom is -0.448 e. The Morgan fingerprint density at radius 2 is 2.11 bits per heavy atom. The lowest BCUT2D eigenvalue weighted by Gasteiger charge is -2.43. The Labute approximate surface area is 154 Å². The van der Waals surface area contributed by atoms with Crippen molar-refractivity contribution < 1.29 is 18.7 Å². The van der Waals surface area contributed by atoms with Gasteiger partial charge in [0.05, 0.1) is 36.5 Å². The summed E-state index contributed by atoms with van der Waals surface area (Å²) in [5, 5.41) is 17.9. The number of rotatable bonds is 4. The van der Waals surface area contributed by atoms with Gasteiger partial charge in [0.2, 0.25) is 5.89 Å². The molecule has 0 unspecified atom stereocenters. The number of carbonyl (C=O) groups is 1. The number of likely N-dealkylation sites (tertiary alicyclic amines) is 1. The molecule has 0 atom stereocenters. The van der Waals surface area contributed by atoms with Crippen LogP contribution in [-0.4, -0.2) is 49.8 Å². The first-order valence-corrected chi connectivity index (χ1v) is 8.44. The standard InChI is InChI=1S/C19H17FN4O3/c1-19(26)10-24(11-19)18(25)16-9-27-17(21-16)8-14-5-6-15(23-22-14)12-3-2-4-13(20)7-12/h2-7,9,26H,8,10-11H2,1H3. The van der Waals surface area contributed by atoms with E-state index in [9.17, 15) is 14.3 Å². The normalized spacial score (nSPS) is 15.4. The van der Waals surface area contributed by atoms with Crippen molar-refractivity contribution in [2.75, 3.05) is 13.1 Å². The van der Waals surface area contributed by atoms with Crippen molar-refractivity contribution in [1.29, 1.82) is 0 Å². The number of amides is 1. The van der Waals surface area contributed by atoms with Gasteiger partial charge in [-0.1, -0.05) is 12.1 Å². The van der Waals surface area contributed by atoms with Crippen LogP contribution in [0.3, 0.4) is 0 Å². The Morgan fingerprint density at radius 3 is 2.78 bits per heavy atom. The zero-order chi connectivity index (χ0) is 19.0. The topological polar surface area (TPSA) is 92.3 Å². The molecule has 0 bridgehead atoms. The van der Waals surface area contributed by atoms with Gasteiger partial charge in [-0.25, -0.2) is 9.37 Å². The number of hydrogen-bond donors (Lipinski definition) is 1. The summed E-state index contributed by atoms with van der Waals surface area (Å²) < 4.78 is 18.7. The second-order valence-corrected chi connectivity index (χ2v) is 6.88. The fraction of sp³-hybridized carbons (Fsp3) is 0.263. The van der Waals surface area contributed by atoms with Crippen LogP contribution in [0.5, 0.6) is 0 Å². The average Bonchev–Trinajstić information content (AvgIpc) is 3.08. The van der Waals surface area contributed by atoms with Crippen molar-refractivity contribution in [3.8, 4) is 11.3 Å². The van der Waals surface area contributed by atoms with E-state index in [1.807, 2.05) is 0 Å². The Kier molecular flexibility index (Phi) is 4.19. The van der Waals surface area contributed by atoms with Gasteiger partial charge < -0.3 is 14.4 Å². The summed E-state index contributed by atoms with van der Waals surface area (Å²) in [6.45, 7) is 2.24. The van der Waals surface area contributed by atoms with Gasteiger partial charge in [-0.05, 0) is 31.2 Å². The van der Waals surface area contributed by atoms with E-state index in [1.54, 1.807) is 31.2 Å². The zero-order valence-corrected chi connectivity index (χ0v) is 14.6. The number of carbonyl (C=O) groups excluding carboxylic acids is 1. The highest BCUT2D eigenvalue weighted by molar-refractivity contribution is 5.92. The number of nitrogens with zero attached hydrogens (tertiary/aromatic N) is 4. The third kappa shape index (κ3) is 3.70. The van der Waals surface area contributed by atoms with Gasteiger partial charge in [-0.2, -0.15) is 10.2 Å². The summed E-state index contributed by atoms with van der Waals surface area (Å²) in [6.07, 6.45) is 1.58. The van der Waals surface area contributed by atoms with Gasteiger partial charge in [0.25, 0.3) is 5.91 Å². The second kappa shape index (κ2) is 6.55. The van der Waals surface area contributed by atoms with Gasteiger partial charge >= 0.3 is 0 Å². The molecule has 0 aliphatic carbocycles. The Morgan fingerprint density at radius 1 is 1.30 bits per heavy atom. The highest BCUT2D eigenvalue weighted by Crippen LogP contribution is 2.22. The van der Waals surface area contributed by atoms with E-state index in [4.69, 9.17) is 4.42 Å². The molecular formula is C19H17FN4O3. The first kappa shape index (κ1) is 17.3. The molecule has 1 aliphatic rings. The quantitative estimate of drug-likeness (QED) is 0.758. The highest BCUT2D eigenvalue weighted by atomic mass is 19.1. The molecule has 1 aliphatic heterocycles.